The maximum absolute atomic E-state index is 2.08. The summed E-state index contributed by atoms with van der Waals surface area (Å²) in [5.41, 5.74) is 0. The van der Waals surface area contributed by atoms with E-state index in [0.29, 0.717) is 0 Å². The van der Waals surface area contributed by atoms with Gasteiger partial charge in [-0.3, -0.25) is 0 Å². The summed E-state index contributed by atoms with van der Waals surface area (Å²) >= 11 is 0. The predicted molar refractivity (Wildman–Crippen MR) is 56.2 cm³/mol. The fourth-order valence-electron chi connectivity index (χ4n) is 0.919. The summed E-state index contributed by atoms with van der Waals surface area (Å²) in [5.74, 6) is 1.34. The molecule has 0 heterocycles. The summed E-state index contributed by atoms with van der Waals surface area (Å²) in [7, 11) is 0. The molecule has 2 rings (SSSR count). The van der Waals surface area contributed by atoms with E-state index < -0.39 is 0 Å². The zero-order valence-electron chi connectivity index (χ0n) is 8.30. The maximum Gasteiger partial charge on any atom is 0 e. The summed E-state index contributed by atoms with van der Waals surface area (Å²) in [5, 5.41) is 0. The monoisotopic (exact) mass is 263 g/mol. The molecule has 0 bridgehead atoms. The van der Waals surface area contributed by atoms with Gasteiger partial charge in [0.05, 0.1) is 0 Å². The molecule has 0 aromatic rings. The zero-order valence-corrected chi connectivity index (χ0v) is 10.5. The van der Waals surface area contributed by atoms with Crippen LogP contribution in [0.25, 0.3) is 0 Å². The van der Waals surface area contributed by atoms with Crippen LogP contribution in [0.4, 0.5) is 0 Å². The van der Waals surface area contributed by atoms with Crippen LogP contribution in [0.2, 0.25) is 0 Å². The first-order chi connectivity index (χ1) is 6.39. The second kappa shape index (κ2) is 10.3. The molecular weight excluding hydrogens is 249 g/mol. The second-order valence-electron chi connectivity index (χ2n) is 2.81. The molecule has 14 heavy (non-hydrogen) atoms. The molecule has 1 heteroatoms. The van der Waals surface area contributed by atoms with E-state index in [0.717, 1.165) is 0 Å². The van der Waals surface area contributed by atoms with Gasteiger partial charge < -0.3 is 0 Å². The largest absolute Gasteiger partial charge is 0.0585 e. The van der Waals surface area contributed by atoms with Crippen LogP contribution in [0.15, 0.2) is 0 Å². The van der Waals surface area contributed by atoms with E-state index in [4.69, 9.17) is 0 Å². The Labute approximate surface area is 106 Å². The van der Waals surface area contributed by atoms with E-state index in [1.54, 1.807) is 0 Å². The van der Waals surface area contributed by atoms with Crippen molar-refractivity contribution >= 4 is 0 Å². The minimum Gasteiger partial charge on any atom is -0.0585 e. The Morgan fingerprint density at radius 3 is 1.00 bits per heavy atom. The van der Waals surface area contributed by atoms with Gasteiger partial charge in [0.2, 0.25) is 0 Å². The van der Waals surface area contributed by atoms with Crippen LogP contribution >= 0.6 is 0 Å². The molecular formula is C13H14Nb. The standard InChI is InChI=1S/C7H7.C6H7.Nb/c1-2-4-6-7-5-3-1;1-6-4-2-3-5-6;/h1-7H;2-5H,1H3;. The third-order valence-electron chi connectivity index (χ3n) is 1.61. The summed E-state index contributed by atoms with van der Waals surface area (Å²) in [6.07, 6.45) is 22.2. The Morgan fingerprint density at radius 1 is 0.571 bits per heavy atom. The molecule has 0 amide bonds. The van der Waals surface area contributed by atoms with E-state index >= 15 is 0 Å². The van der Waals surface area contributed by atoms with Gasteiger partial charge in [-0.2, -0.15) is 0 Å². The fraction of sp³-hybridized carbons (Fsp3) is 0.0769. The molecule has 0 atom stereocenters. The van der Waals surface area contributed by atoms with E-state index in [-0.39, 0.29) is 22.4 Å². The van der Waals surface area contributed by atoms with Crippen LogP contribution in [0, 0.1) is 76.5 Å². The van der Waals surface area contributed by atoms with E-state index in [2.05, 4.69) is 19.8 Å². The van der Waals surface area contributed by atoms with Gasteiger partial charge in [-0.15, -0.1) is 0 Å². The molecule has 2 fully saturated rings. The average Bonchev–Trinajstić information content (AvgIpc) is 2.48. The molecule has 2 saturated carbocycles. The van der Waals surface area contributed by atoms with Crippen molar-refractivity contribution in [3.63, 3.8) is 0 Å². The maximum atomic E-state index is 2.08. The van der Waals surface area contributed by atoms with Gasteiger partial charge in [0.25, 0.3) is 0 Å². The number of rotatable bonds is 0. The molecule has 2 aliphatic rings. The smallest absolute Gasteiger partial charge is 0 e. The topological polar surface area (TPSA) is 0 Å². The van der Waals surface area contributed by atoms with Gasteiger partial charge in [0, 0.05) is 22.4 Å². The van der Waals surface area contributed by atoms with E-state index in [1.807, 2.05) is 57.8 Å². The summed E-state index contributed by atoms with van der Waals surface area (Å²) in [6.45, 7) is 2.08. The second-order valence-corrected chi connectivity index (χ2v) is 2.81. The minimum atomic E-state index is 0. The number of hydrogen-bond acceptors (Lipinski definition) is 0. The van der Waals surface area contributed by atoms with Gasteiger partial charge in [0.1, 0.15) is 0 Å². The molecule has 0 N–H and O–H groups in total. The molecule has 0 aromatic heterocycles. The minimum absolute atomic E-state index is 0. The Kier molecular flexibility index (Phi) is 10.8. The Balaban J connectivity index is 0.000000227. The molecule has 0 saturated heterocycles. The van der Waals surface area contributed by atoms with Crippen molar-refractivity contribution in [2.75, 3.05) is 0 Å². The van der Waals surface area contributed by atoms with Crippen molar-refractivity contribution in [3.05, 3.63) is 76.5 Å². The van der Waals surface area contributed by atoms with Crippen LogP contribution in [0.3, 0.4) is 0 Å². The van der Waals surface area contributed by atoms with Crippen molar-refractivity contribution in [2.45, 2.75) is 6.92 Å². The molecule has 0 aromatic carbocycles. The molecule has 13 radical (unpaired) electrons. The van der Waals surface area contributed by atoms with Crippen molar-refractivity contribution in [1.29, 1.82) is 0 Å². The molecule has 0 nitrogen and oxygen atoms in total. The molecule has 0 aliphatic heterocycles. The summed E-state index contributed by atoms with van der Waals surface area (Å²) in [4.78, 5) is 0. The van der Waals surface area contributed by atoms with Crippen LogP contribution in [-0.4, -0.2) is 0 Å². The van der Waals surface area contributed by atoms with E-state index in [9.17, 15) is 0 Å². The van der Waals surface area contributed by atoms with Crippen molar-refractivity contribution in [1.82, 2.24) is 0 Å². The van der Waals surface area contributed by atoms with Gasteiger partial charge >= 0.3 is 0 Å². The van der Waals surface area contributed by atoms with Crippen molar-refractivity contribution in [3.8, 4) is 0 Å². The SMILES string of the molecule is C[C]1[CH][CH][CH][CH]1.[CH]1[CH][CH][CH][CH][CH][CH]1.[Nb]. The molecule has 2 aliphatic carbocycles. The Hall–Kier alpha value is 0.740. The third kappa shape index (κ3) is 8.08. The van der Waals surface area contributed by atoms with Crippen molar-refractivity contribution < 1.29 is 22.4 Å². The molecule has 0 spiro atoms. The summed E-state index contributed by atoms with van der Waals surface area (Å²) in [6, 6.07) is 0. The Bertz CT molecular complexity index is 86.2. The molecule has 0 unspecified atom stereocenters. The summed E-state index contributed by atoms with van der Waals surface area (Å²) < 4.78 is 0. The normalized spacial score (nSPS) is 22.9. The number of hydrogen-bond donors (Lipinski definition) is 0. The Morgan fingerprint density at radius 2 is 0.857 bits per heavy atom. The molecule has 71 valence electrons. The van der Waals surface area contributed by atoms with Gasteiger partial charge in [-0.25, -0.2) is 0 Å². The van der Waals surface area contributed by atoms with Crippen molar-refractivity contribution in [2.24, 2.45) is 0 Å². The first-order valence-corrected chi connectivity index (χ1v) is 4.41. The fourth-order valence-corrected chi connectivity index (χ4v) is 0.919. The first-order valence-electron chi connectivity index (χ1n) is 4.41. The third-order valence-corrected chi connectivity index (χ3v) is 1.61. The first kappa shape index (κ1) is 14.7. The zero-order chi connectivity index (χ0) is 9.36. The van der Waals surface area contributed by atoms with Crippen LogP contribution in [0.5, 0.6) is 0 Å². The van der Waals surface area contributed by atoms with Crippen LogP contribution < -0.4 is 0 Å². The van der Waals surface area contributed by atoms with Crippen LogP contribution in [-0.2, 0) is 22.4 Å². The van der Waals surface area contributed by atoms with E-state index in [1.165, 1.54) is 5.92 Å². The quantitative estimate of drug-likeness (QED) is 0.465. The predicted octanol–water partition coefficient (Wildman–Crippen LogP) is 2.84. The van der Waals surface area contributed by atoms with Gasteiger partial charge in [0.15, 0.2) is 0 Å². The average molecular weight is 263 g/mol. The van der Waals surface area contributed by atoms with Gasteiger partial charge in [-0.05, 0) is 76.5 Å². The van der Waals surface area contributed by atoms with Gasteiger partial charge in [-0.1, -0.05) is 6.92 Å². The van der Waals surface area contributed by atoms with Crippen LogP contribution in [0.1, 0.15) is 6.92 Å².